The molecule has 2 aromatic rings. The largest absolute Gasteiger partial charge is 0.504 e. The first-order chi connectivity index (χ1) is 9.56. The standard InChI is InChI=1S/C14H18N2O4/c1-8(2)12(19-4)13-15-14(20-16-13)9-5-6-11(18-3)10(17)7-9/h5-8,12,17H,1-4H3. The van der Waals surface area contributed by atoms with Crippen LogP contribution in [-0.2, 0) is 4.74 Å². The monoisotopic (exact) mass is 278 g/mol. The van der Waals surface area contributed by atoms with Gasteiger partial charge in [0.25, 0.3) is 5.89 Å². The molecule has 0 amide bonds. The van der Waals surface area contributed by atoms with Crippen LogP contribution in [0.15, 0.2) is 22.7 Å². The maximum Gasteiger partial charge on any atom is 0.258 e. The van der Waals surface area contributed by atoms with Gasteiger partial charge in [-0.2, -0.15) is 4.98 Å². The van der Waals surface area contributed by atoms with Crippen LogP contribution in [0.1, 0.15) is 25.8 Å². The SMILES string of the molecule is COc1ccc(-c2nc(C(OC)C(C)C)no2)cc1O. The summed E-state index contributed by atoms with van der Waals surface area (Å²) in [6.07, 6.45) is -0.223. The summed E-state index contributed by atoms with van der Waals surface area (Å²) in [6.45, 7) is 4.03. The Hall–Kier alpha value is -2.08. The summed E-state index contributed by atoms with van der Waals surface area (Å²) < 4.78 is 15.6. The van der Waals surface area contributed by atoms with Crippen molar-refractivity contribution in [2.75, 3.05) is 14.2 Å². The number of phenols is 1. The zero-order valence-electron chi connectivity index (χ0n) is 12.0. The number of phenolic OH excluding ortho intramolecular Hbond substituents is 1. The predicted molar refractivity (Wildman–Crippen MR) is 72.5 cm³/mol. The minimum atomic E-state index is -0.223. The van der Waals surface area contributed by atoms with Gasteiger partial charge in [0.1, 0.15) is 6.10 Å². The molecule has 0 saturated heterocycles. The lowest BCUT2D eigenvalue weighted by molar-refractivity contribution is 0.0556. The first kappa shape index (κ1) is 14.3. The fourth-order valence-corrected chi connectivity index (χ4v) is 1.97. The van der Waals surface area contributed by atoms with E-state index >= 15 is 0 Å². The van der Waals surface area contributed by atoms with Gasteiger partial charge in [-0.25, -0.2) is 0 Å². The second kappa shape index (κ2) is 5.92. The molecule has 1 aromatic carbocycles. The van der Waals surface area contributed by atoms with E-state index in [0.29, 0.717) is 23.0 Å². The average molecular weight is 278 g/mol. The van der Waals surface area contributed by atoms with Gasteiger partial charge < -0.3 is 19.1 Å². The van der Waals surface area contributed by atoms with Gasteiger partial charge in [-0.1, -0.05) is 19.0 Å². The lowest BCUT2D eigenvalue weighted by Gasteiger charge is -2.14. The highest BCUT2D eigenvalue weighted by Crippen LogP contribution is 2.31. The summed E-state index contributed by atoms with van der Waals surface area (Å²) in [5, 5.41) is 13.7. The molecule has 0 bridgehead atoms. The molecule has 0 fully saturated rings. The molecule has 2 rings (SSSR count). The van der Waals surface area contributed by atoms with E-state index in [4.69, 9.17) is 14.0 Å². The van der Waals surface area contributed by atoms with Gasteiger partial charge in [0, 0.05) is 12.7 Å². The summed E-state index contributed by atoms with van der Waals surface area (Å²) in [5.41, 5.74) is 0.626. The Bertz CT molecular complexity index is 580. The van der Waals surface area contributed by atoms with Crippen molar-refractivity contribution in [1.29, 1.82) is 0 Å². The third-order valence-corrected chi connectivity index (χ3v) is 2.98. The van der Waals surface area contributed by atoms with Crippen LogP contribution < -0.4 is 4.74 Å². The van der Waals surface area contributed by atoms with E-state index in [1.54, 1.807) is 19.2 Å². The first-order valence-corrected chi connectivity index (χ1v) is 6.30. The number of methoxy groups -OCH3 is 2. The summed E-state index contributed by atoms with van der Waals surface area (Å²) in [7, 11) is 3.10. The maximum atomic E-state index is 9.76. The normalized spacial score (nSPS) is 12.7. The first-order valence-electron chi connectivity index (χ1n) is 6.30. The molecule has 108 valence electrons. The molecule has 0 saturated carbocycles. The molecular formula is C14H18N2O4. The Kier molecular flexibility index (Phi) is 4.24. The zero-order chi connectivity index (χ0) is 14.7. The number of aromatic hydroxyl groups is 1. The van der Waals surface area contributed by atoms with Crippen LogP contribution in [-0.4, -0.2) is 29.5 Å². The van der Waals surface area contributed by atoms with Gasteiger partial charge in [0.15, 0.2) is 11.5 Å². The number of aromatic nitrogens is 2. The highest BCUT2D eigenvalue weighted by atomic mass is 16.5. The molecule has 6 nitrogen and oxygen atoms in total. The zero-order valence-corrected chi connectivity index (χ0v) is 12.0. The van der Waals surface area contributed by atoms with Crippen LogP contribution in [0.4, 0.5) is 0 Å². The highest BCUT2D eigenvalue weighted by Gasteiger charge is 2.22. The van der Waals surface area contributed by atoms with E-state index in [1.807, 2.05) is 13.8 Å². The molecule has 0 aliphatic heterocycles. The van der Waals surface area contributed by atoms with Crippen molar-refractivity contribution in [3.63, 3.8) is 0 Å². The van der Waals surface area contributed by atoms with Gasteiger partial charge in [0.2, 0.25) is 5.82 Å². The van der Waals surface area contributed by atoms with E-state index in [2.05, 4.69) is 10.1 Å². The maximum absolute atomic E-state index is 9.76. The third kappa shape index (κ3) is 2.75. The molecular weight excluding hydrogens is 260 g/mol. The molecule has 20 heavy (non-hydrogen) atoms. The van der Waals surface area contributed by atoms with E-state index in [9.17, 15) is 5.11 Å². The highest BCUT2D eigenvalue weighted by molar-refractivity contribution is 5.59. The van der Waals surface area contributed by atoms with Crippen LogP contribution in [0.3, 0.4) is 0 Å². The van der Waals surface area contributed by atoms with E-state index in [1.165, 1.54) is 13.2 Å². The van der Waals surface area contributed by atoms with Crippen molar-refractivity contribution in [2.24, 2.45) is 5.92 Å². The number of ether oxygens (including phenoxy) is 2. The third-order valence-electron chi connectivity index (χ3n) is 2.98. The van der Waals surface area contributed by atoms with E-state index < -0.39 is 0 Å². The molecule has 0 aliphatic carbocycles. The van der Waals surface area contributed by atoms with Crippen molar-refractivity contribution in [2.45, 2.75) is 20.0 Å². The Balaban J connectivity index is 2.31. The molecule has 1 atom stereocenters. The number of hydrogen-bond acceptors (Lipinski definition) is 6. The minimum absolute atomic E-state index is 0.0249. The number of nitrogens with zero attached hydrogens (tertiary/aromatic N) is 2. The number of rotatable bonds is 5. The second-order valence-electron chi connectivity index (χ2n) is 4.74. The molecule has 1 aromatic heterocycles. The Morgan fingerprint density at radius 2 is 2.00 bits per heavy atom. The summed E-state index contributed by atoms with van der Waals surface area (Å²) in [4.78, 5) is 4.31. The smallest absolute Gasteiger partial charge is 0.258 e. The summed E-state index contributed by atoms with van der Waals surface area (Å²) >= 11 is 0. The predicted octanol–water partition coefficient (Wildman–Crippen LogP) is 2.79. The van der Waals surface area contributed by atoms with Crippen LogP contribution in [0.2, 0.25) is 0 Å². The summed E-state index contributed by atoms with van der Waals surface area (Å²) in [6, 6.07) is 4.91. The molecule has 0 spiro atoms. The van der Waals surface area contributed by atoms with Crippen molar-refractivity contribution < 1.29 is 19.1 Å². The van der Waals surface area contributed by atoms with Crippen molar-refractivity contribution in [3.05, 3.63) is 24.0 Å². The van der Waals surface area contributed by atoms with E-state index in [-0.39, 0.29) is 17.8 Å². The fourth-order valence-electron chi connectivity index (χ4n) is 1.97. The topological polar surface area (TPSA) is 77.6 Å². The van der Waals surface area contributed by atoms with Gasteiger partial charge in [0.05, 0.1) is 7.11 Å². The van der Waals surface area contributed by atoms with Crippen LogP contribution in [0.5, 0.6) is 11.5 Å². The Morgan fingerprint density at radius 1 is 1.25 bits per heavy atom. The molecule has 0 radical (unpaired) electrons. The van der Waals surface area contributed by atoms with Crippen molar-refractivity contribution in [3.8, 4) is 23.0 Å². The van der Waals surface area contributed by atoms with E-state index in [0.717, 1.165) is 0 Å². The average Bonchev–Trinajstić information content (AvgIpc) is 2.88. The Morgan fingerprint density at radius 3 is 2.55 bits per heavy atom. The van der Waals surface area contributed by atoms with Crippen LogP contribution in [0, 0.1) is 5.92 Å². The van der Waals surface area contributed by atoms with Crippen molar-refractivity contribution >= 4 is 0 Å². The number of hydrogen-bond donors (Lipinski definition) is 1. The molecule has 1 unspecified atom stereocenters. The van der Waals surface area contributed by atoms with Gasteiger partial charge in [-0.3, -0.25) is 0 Å². The minimum Gasteiger partial charge on any atom is -0.504 e. The quantitative estimate of drug-likeness (QED) is 0.906. The Labute approximate surface area is 117 Å². The van der Waals surface area contributed by atoms with Crippen LogP contribution >= 0.6 is 0 Å². The molecule has 1 N–H and O–H groups in total. The van der Waals surface area contributed by atoms with Gasteiger partial charge in [-0.05, 0) is 24.1 Å². The lowest BCUT2D eigenvalue weighted by atomic mass is 10.1. The summed E-state index contributed by atoms with van der Waals surface area (Å²) in [5.74, 6) is 1.48. The fraction of sp³-hybridized carbons (Fsp3) is 0.429. The molecule has 1 heterocycles. The number of benzene rings is 1. The van der Waals surface area contributed by atoms with Crippen LogP contribution in [0.25, 0.3) is 11.5 Å². The molecule has 0 aliphatic rings. The lowest BCUT2D eigenvalue weighted by Crippen LogP contribution is -2.10. The van der Waals surface area contributed by atoms with Gasteiger partial charge in [-0.15, -0.1) is 0 Å². The molecule has 6 heteroatoms. The van der Waals surface area contributed by atoms with Crippen molar-refractivity contribution in [1.82, 2.24) is 10.1 Å². The van der Waals surface area contributed by atoms with Gasteiger partial charge >= 0.3 is 0 Å². The second-order valence-corrected chi connectivity index (χ2v) is 4.74.